The number of rotatable bonds is 8. The fourth-order valence-corrected chi connectivity index (χ4v) is 7.15. The zero-order valence-electron chi connectivity index (χ0n) is 24.5. The summed E-state index contributed by atoms with van der Waals surface area (Å²) < 4.78 is 0. The van der Waals surface area contributed by atoms with E-state index in [9.17, 15) is 19.6 Å². The van der Waals surface area contributed by atoms with Crippen molar-refractivity contribution < 1.29 is 14.4 Å². The van der Waals surface area contributed by atoms with Gasteiger partial charge >= 0.3 is 0 Å². The number of hydrogen-bond acceptors (Lipinski definition) is 8. The van der Waals surface area contributed by atoms with Crippen LogP contribution in [0.4, 0.5) is 0 Å². The van der Waals surface area contributed by atoms with Crippen LogP contribution in [0.25, 0.3) is 0 Å². The van der Waals surface area contributed by atoms with Crippen LogP contribution in [0.1, 0.15) is 75.0 Å². The van der Waals surface area contributed by atoms with E-state index < -0.39 is 5.41 Å². The van der Waals surface area contributed by atoms with Crippen LogP contribution in [0.15, 0.2) is 36.4 Å². The van der Waals surface area contributed by atoms with E-state index >= 15 is 0 Å². The van der Waals surface area contributed by atoms with Gasteiger partial charge in [-0.05, 0) is 102 Å². The number of aryl methyl sites for hydroxylation is 2. The second-order valence-corrected chi connectivity index (χ2v) is 11.8. The van der Waals surface area contributed by atoms with Crippen LogP contribution >= 0.6 is 0 Å². The minimum atomic E-state index is -0.882. The molecule has 1 saturated carbocycles. The standard InChI is InChI=1S/C31H35N9O3/c1-17(35-16-27(41)40-23(15-32)12-22-13-26(22)40)14-31(30-36-38-39-37-30)24-8-6-20(28(42)33-2)10-18(24)4-5-19-11-21(29(43)34-3)7-9-25(19)31/h6-11,17,22-23,26,35H,4-5,12-14,16H2,1-3H3,(H,33,42)(H,34,43)(H,36,37,38,39)/t17-,22-,23?,26+/m1/s1. The lowest BCUT2D eigenvalue weighted by molar-refractivity contribution is -0.131. The first-order valence-corrected chi connectivity index (χ1v) is 14.7. The third-order valence-corrected chi connectivity index (χ3v) is 9.28. The first kappa shape index (κ1) is 28.5. The molecule has 1 saturated heterocycles. The quantitative estimate of drug-likeness (QED) is 0.308. The zero-order valence-corrected chi connectivity index (χ0v) is 24.5. The van der Waals surface area contributed by atoms with Crippen LogP contribution < -0.4 is 16.0 Å². The van der Waals surface area contributed by atoms with E-state index in [1.807, 2.05) is 43.3 Å². The van der Waals surface area contributed by atoms with Crippen molar-refractivity contribution in [3.05, 3.63) is 75.6 Å². The number of likely N-dealkylation sites (tertiary alicyclic amines) is 1. The predicted octanol–water partition coefficient (Wildman–Crippen LogP) is 1.23. The zero-order chi connectivity index (χ0) is 30.3. The molecule has 12 heteroatoms. The molecule has 1 aromatic heterocycles. The topological polar surface area (TPSA) is 169 Å². The summed E-state index contributed by atoms with van der Waals surface area (Å²) in [4.78, 5) is 40.2. The molecule has 222 valence electrons. The Morgan fingerprint density at radius 1 is 1.05 bits per heavy atom. The highest BCUT2D eigenvalue weighted by atomic mass is 16.2. The normalized spacial score (nSPS) is 21.8. The van der Waals surface area contributed by atoms with Crippen LogP contribution in [0, 0.1) is 17.2 Å². The van der Waals surface area contributed by atoms with Gasteiger partial charge < -0.3 is 20.9 Å². The molecule has 6 rings (SSSR count). The first-order valence-electron chi connectivity index (χ1n) is 14.7. The fourth-order valence-electron chi connectivity index (χ4n) is 7.15. The highest BCUT2D eigenvalue weighted by molar-refractivity contribution is 5.95. The lowest BCUT2D eigenvalue weighted by Crippen LogP contribution is -2.46. The highest BCUT2D eigenvalue weighted by Gasteiger charge is 2.54. The molecular weight excluding hydrogens is 546 g/mol. The van der Waals surface area contributed by atoms with Crippen molar-refractivity contribution in [3.8, 4) is 6.07 Å². The maximum Gasteiger partial charge on any atom is 0.251 e. The van der Waals surface area contributed by atoms with Gasteiger partial charge in [0.2, 0.25) is 5.91 Å². The molecule has 4 N–H and O–H groups in total. The Morgan fingerprint density at radius 3 is 2.21 bits per heavy atom. The summed E-state index contributed by atoms with van der Waals surface area (Å²) in [6.07, 6.45) is 3.49. The van der Waals surface area contributed by atoms with Crippen molar-refractivity contribution in [2.24, 2.45) is 5.92 Å². The smallest absolute Gasteiger partial charge is 0.251 e. The number of nitrogens with zero attached hydrogens (tertiary/aromatic N) is 5. The second-order valence-electron chi connectivity index (χ2n) is 11.8. The molecule has 0 spiro atoms. The summed E-state index contributed by atoms with van der Waals surface area (Å²) in [5.74, 6) is 0.560. The van der Waals surface area contributed by atoms with Gasteiger partial charge in [-0.1, -0.05) is 12.1 Å². The number of hydrogen-bond donors (Lipinski definition) is 4. The number of piperidine rings is 1. The Morgan fingerprint density at radius 2 is 1.67 bits per heavy atom. The molecular formula is C31H35N9O3. The van der Waals surface area contributed by atoms with Gasteiger partial charge in [-0.15, -0.1) is 5.10 Å². The minimum Gasteiger partial charge on any atom is -0.355 e. The van der Waals surface area contributed by atoms with E-state index in [1.165, 1.54) is 0 Å². The van der Waals surface area contributed by atoms with Crippen molar-refractivity contribution in [1.29, 1.82) is 5.26 Å². The summed E-state index contributed by atoms with van der Waals surface area (Å²) in [6, 6.07) is 13.3. The summed E-state index contributed by atoms with van der Waals surface area (Å²) >= 11 is 0. The SMILES string of the molecule is CNC(=O)c1ccc2c(c1)CCc1cc(C(=O)NC)ccc1C2(C[C@@H](C)NCC(=O)N1C(C#N)C[C@@H]2C[C@@H]21)c1nnn[nH]1. The Kier molecular flexibility index (Phi) is 7.43. The Bertz CT molecular complexity index is 1550. The third-order valence-electron chi connectivity index (χ3n) is 9.28. The second kappa shape index (κ2) is 11.2. The molecule has 1 aliphatic heterocycles. The molecule has 43 heavy (non-hydrogen) atoms. The van der Waals surface area contributed by atoms with Gasteiger partial charge in [0.05, 0.1) is 18.0 Å². The molecule has 2 aliphatic carbocycles. The van der Waals surface area contributed by atoms with Crippen LogP contribution in [0.2, 0.25) is 0 Å². The van der Waals surface area contributed by atoms with E-state index in [4.69, 9.17) is 0 Å². The van der Waals surface area contributed by atoms with E-state index in [2.05, 4.69) is 42.6 Å². The maximum absolute atomic E-state index is 13.3. The molecule has 2 heterocycles. The average molecular weight is 582 g/mol. The summed E-state index contributed by atoms with van der Waals surface area (Å²) in [6.45, 7) is 2.13. The Balaban J connectivity index is 1.41. The summed E-state index contributed by atoms with van der Waals surface area (Å²) in [7, 11) is 3.21. The first-order chi connectivity index (χ1) is 20.8. The van der Waals surface area contributed by atoms with Crippen molar-refractivity contribution in [2.75, 3.05) is 20.6 Å². The van der Waals surface area contributed by atoms with Gasteiger partial charge in [-0.3, -0.25) is 14.4 Å². The van der Waals surface area contributed by atoms with Gasteiger partial charge in [-0.25, -0.2) is 5.10 Å². The summed E-state index contributed by atoms with van der Waals surface area (Å²) in [5.41, 5.74) is 4.09. The van der Waals surface area contributed by atoms with Gasteiger partial charge in [0.25, 0.3) is 11.8 Å². The van der Waals surface area contributed by atoms with Crippen LogP contribution in [-0.4, -0.2) is 82.0 Å². The van der Waals surface area contributed by atoms with Crippen molar-refractivity contribution in [3.63, 3.8) is 0 Å². The molecule has 3 aromatic rings. The van der Waals surface area contributed by atoms with Crippen molar-refractivity contribution >= 4 is 17.7 Å². The molecule has 0 radical (unpaired) electrons. The predicted molar refractivity (Wildman–Crippen MR) is 156 cm³/mol. The van der Waals surface area contributed by atoms with E-state index in [1.54, 1.807) is 19.0 Å². The third kappa shape index (κ3) is 4.93. The van der Waals surface area contributed by atoms with Gasteiger partial charge in [-0.2, -0.15) is 5.26 Å². The number of benzene rings is 2. The molecule has 12 nitrogen and oxygen atoms in total. The number of nitrogens with one attached hydrogen (secondary N) is 4. The van der Waals surface area contributed by atoms with E-state index in [0.29, 0.717) is 42.1 Å². The Labute approximate surface area is 249 Å². The number of H-pyrrole nitrogens is 1. The lowest BCUT2D eigenvalue weighted by atomic mass is 9.67. The maximum atomic E-state index is 13.3. The van der Waals surface area contributed by atoms with E-state index in [-0.39, 0.29) is 42.4 Å². The molecule has 1 unspecified atom stereocenters. The molecule has 4 atom stereocenters. The van der Waals surface area contributed by atoms with Gasteiger partial charge in [0, 0.05) is 37.3 Å². The van der Waals surface area contributed by atoms with Gasteiger partial charge in [0.15, 0.2) is 5.82 Å². The molecule has 3 amide bonds. The number of carbonyl (C=O) groups is 3. The largest absolute Gasteiger partial charge is 0.355 e. The van der Waals surface area contributed by atoms with Crippen LogP contribution in [0.3, 0.4) is 0 Å². The van der Waals surface area contributed by atoms with Crippen LogP contribution in [0.5, 0.6) is 0 Å². The number of amides is 3. The van der Waals surface area contributed by atoms with Gasteiger partial charge in [0.1, 0.15) is 6.04 Å². The van der Waals surface area contributed by atoms with Crippen molar-refractivity contribution in [2.45, 2.75) is 62.6 Å². The number of carbonyl (C=O) groups excluding carboxylic acids is 3. The number of aromatic nitrogens is 4. The number of fused-ring (bicyclic) bond motifs is 3. The number of aromatic amines is 1. The number of nitriles is 1. The molecule has 2 fully saturated rings. The molecule has 0 bridgehead atoms. The Hall–Kier alpha value is -4.63. The number of tetrazole rings is 1. The van der Waals surface area contributed by atoms with Crippen LogP contribution in [-0.2, 0) is 23.1 Å². The minimum absolute atomic E-state index is 0.0640. The lowest BCUT2D eigenvalue weighted by Gasteiger charge is -2.37. The highest BCUT2D eigenvalue weighted by Crippen LogP contribution is 2.48. The average Bonchev–Trinajstić information content (AvgIpc) is 3.41. The fraction of sp³-hybridized carbons (Fsp3) is 0.452. The molecule has 2 aromatic carbocycles. The summed E-state index contributed by atoms with van der Waals surface area (Å²) in [5, 5.41) is 33.7. The monoisotopic (exact) mass is 581 g/mol. The van der Waals surface area contributed by atoms with E-state index in [0.717, 1.165) is 35.1 Å². The molecule has 3 aliphatic rings. The van der Waals surface area contributed by atoms with Crippen molar-refractivity contribution in [1.82, 2.24) is 41.5 Å².